The van der Waals surface area contributed by atoms with E-state index in [2.05, 4.69) is 0 Å². The number of hydrogen-bond donors (Lipinski definition) is 1. The van der Waals surface area contributed by atoms with E-state index in [1.165, 1.54) is 10.6 Å². The Morgan fingerprint density at radius 2 is 2.00 bits per heavy atom. The summed E-state index contributed by atoms with van der Waals surface area (Å²) in [7, 11) is -3.28. The number of aliphatic hydroxyl groups is 1. The number of carbonyl (C=O) groups is 1. The molecule has 1 aromatic carbocycles. The van der Waals surface area contributed by atoms with Gasteiger partial charge in [-0.25, -0.2) is 12.7 Å². The number of sulfonamides is 1. The summed E-state index contributed by atoms with van der Waals surface area (Å²) >= 11 is 0. The maximum Gasteiger partial charge on any atom is 0.253 e. The minimum atomic E-state index is -3.28. The molecular weight excluding hydrogens is 316 g/mol. The van der Waals surface area contributed by atoms with Crippen molar-refractivity contribution in [1.82, 2.24) is 9.21 Å². The summed E-state index contributed by atoms with van der Waals surface area (Å²) in [5.74, 6) is 0.0386. The highest BCUT2D eigenvalue weighted by atomic mass is 32.2. The molecule has 126 valence electrons. The monoisotopic (exact) mass is 338 g/mol. The molecule has 1 N–H and O–H groups in total. The van der Waals surface area contributed by atoms with Gasteiger partial charge in [0.15, 0.2) is 0 Å². The van der Waals surface area contributed by atoms with Gasteiger partial charge in [-0.1, -0.05) is 18.2 Å². The first-order valence-corrected chi connectivity index (χ1v) is 9.61. The fourth-order valence-electron chi connectivity index (χ4n) is 3.75. The lowest BCUT2D eigenvalue weighted by Crippen LogP contribution is -2.52. The molecule has 0 aliphatic carbocycles. The first kappa shape index (κ1) is 16.4. The van der Waals surface area contributed by atoms with Gasteiger partial charge in [-0.2, -0.15) is 0 Å². The van der Waals surface area contributed by atoms with Crippen LogP contribution in [0, 0.1) is 11.3 Å². The number of rotatable bonds is 3. The molecule has 2 saturated heterocycles. The van der Waals surface area contributed by atoms with E-state index in [1.54, 1.807) is 17.0 Å². The lowest BCUT2D eigenvalue weighted by molar-refractivity contribution is 0.0129. The van der Waals surface area contributed by atoms with Crippen LogP contribution in [-0.4, -0.2) is 67.7 Å². The van der Waals surface area contributed by atoms with E-state index in [-0.39, 0.29) is 25.0 Å². The van der Waals surface area contributed by atoms with Crippen LogP contribution < -0.4 is 0 Å². The molecule has 6 nitrogen and oxygen atoms in total. The van der Waals surface area contributed by atoms with Crippen LogP contribution in [0.25, 0.3) is 0 Å². The van der Waals surface area contributed by atoms with Gasteiger partial charge in [0.1, 0.15) is 0 Å². The zero-order chi connectivity index (χ0) is 16.7. The number of carbonyl (C=O) groups excluding carboxylic acids is 1. The Morgan fingerprint density at radius 3 is 2.61 bits per heavy atom. The second kappa shape index (κ2) is 5.89. The maximum absolute atomic E-state index is 12.6. The molecule has 2 fully saturated rings. The van der Waals surface area contributed by atoms with Crippen molar-refractivity contribution >= 4 is 15.9 Å². The molecule has 0 aromatic heterocycles. The summed E-state index contributed by atoms with van der Waals surface area (Å²) in [5, 5.41) is 9.95. The minimum Gasteiger partial charge on any atom is -0.396 e. The normalized spacial score (nSPS) is 28.6. The summed E-state index contributed by atoms with van der Waals surface area (Å²) in [6.45, 7) is 1.60. The molecule has 0 bridgehead atoms. The van der Waals surface area contributed by atoms with Crippen LogP contribution >= 0.6 is 0 Å². The predicted octanol–water partition coefficient (Wildman–Crippen LogP) is 0.403. The minimum absolute atomic E-state index is 0.0605. The fraction of sp³-hybridized carbons (Fsp3) is 0.562. The number of piperidine rings is 1. The third-order valence-corrected chi connectivity index (χ3v) is 6.34. The molecule has 0 spiro atoms. The van der Waals surface area contributed by atoms with Crippen molar-refractivity contribution in [2.75, 3.05) is 39.0 Å². The van der Waals surface area contributed by atoms with Crippen molar-refractivity contribution in [3.63, 3.8) is 0 Å². The first-order chi connectivity index (χ1) is 10.9. The van der Waals surface area contributed by atoms with Crippen LogP contribution in [-0.2, 0) is 10.0 Å². The van der Waals surface area contributed by atoms with Crippen molar-refractivity contribution < 1.29 is 18.3 Å². The van der Waals surface area contributed by atoms with Crippen LogP contribution in [0.2, 0.25) is 0 Å². The summed E-state index contributed by atoms with van der Waals surface area (Å²) in [4.78, 5) is 14.4. The Balaban J connectivity index is 1.81. The number of benzene rings is 1. The van der Waals surface area contributed by atoms with Crippen molar-refractivity contribution in [3.05, 3.63) is 35.9 Å². The first-order valence-electron chi connectivity index (χ1n) is 7.76. The molecule has 23 heavy (non-hydrogen) atoms. The third-order valence-electron chi connectivity index (χ3n) is 5.13. The van der Waals surface area contributed by atoms with E-state index >= 15 is 0 Å². The van der Waals surface area contributed by atoms with Crippen molar-refractivity contribution in [2.24, 2.45) is 11.3 Å². The Bertz CT molecular complexity index is 691. The van der Waals surface area contributed by atoms with Gasteiger partial charge in [-0.15, -0.1) is 0 Å². The van der Waals surface area contributed by atoms with Crippen molar-refractivity contribution in [3.8, 4) is 0 Å². The molecule has 2 atom stereocenters. The third kappa shape index (κ3) is 3.00. The molecule has 7 heteroatoms. The molecule has 0 saturated carbocycles. The maximum atomic E-state index is 12.6. The quantitative estimate of drug-likeness (QED) is 0.865. The van der Waals surface area contributed by atoms with Crippen LogP contribution in [0.1, 0.15) is 16.8 Å². The second-order valence-corrected chi connectivity index (χ2v) is 8.64. The van der Waals surface area contributed by atoms with Crippen LogP contribution in [0.15, 0.2) is 30.3 Å². The SMILES string of the molecule is CS(=O)(=O)N1C[C@H]2CCN(C(=O)c3ccccc3)C[C@@]2(CO)C1. The molecule has 2 aliphatic heterocycles. The van der Waals surface area contributed by atoms with Gasteiger partial charge in [-0.05, 0) is 24.5 Å². The highest BCUT2D eigenvalue weighted by molar-refractivity contribution is 7.88. The smallest absolute Gasteiger partial charge is 0.253 e. The van der Waals surface area contributed by atoms with Crippen LogP contribution in [0.3, 0.4) is 0 Å². The second-order valence-electron chi connectivity index (χ2n) is 6.65. The molecule has 3 rings (SSSR count). The van der Waals surface area contributed by atoms with Gasteiger partial charge in [0.25, 0.3) is 5.91 Å². The Morgan fingerprint density at radius 1 is 1.30 bits per heavy atom. The molecule has 2 aliphatic rings. The number of aliphatic hydroxyl groups excluding tert-OH is 1. The largest absolute Gasteiger partial charge is 0.396 e. The summed E-state index contributed by atoms with van der Waals surface area (Å²) < 4.78 is 25.1. The predicted molar refractivity (Wildman–Crippen MR) is 86.4 cm³/mol. The zero-order valence-corrected chi connectivity index (χ0v) is 14.0. The van der Waals surface area contributed by atoms with E-state index in [1.807, 2.05) is 18.2 Å². The standard InChI is InChI=1S/C16H22N2O4S/c1-23(21,22)18-9-14-7-8-17(10-16(14,11-18)12-19)15(20)13-5-3-2-4-6-13/h2-6,14,19H,7-12H2,1H3/t14-,16+/m1/s1. The zero-order valence-electron chi connectivity index (χ0n) is 13.2. The molecular formula is C16H22N2O4S. The Labute approximate surface area is 136 Å². The number of likely N-dealkylation sites (tertiary alicyclic amines) is 1. The summed E-state index contributed by atoms with van der Waals surface area (Å²) in [5.41, 5.74) is 0.0724. The lowest BCUT2D eigenvalue weighted by Gasteiger charge is -2.43. The van der Waals surface area contributed by atoms with E-state index < -0.39 is 15.4 Å². The number of hydrogen-bond acceptors (Lipinski definition) is 4. The van der Waals surface area contributed by atoms with E-state index in [4.69, 9.17) is 0 Å². The van der Waals surface area contributed by atoms with E-state index in [9.17, 15) is 18.3 Å². The average molecular weight is 338 g/mol. The molecule has 1 amide bonds. The Kier molecular flexibility index (Phi) is 4.20. The molecule has 1 aromatic rings. The van der Waals surface area contributed by atoms with Crippen molar-refractivity contribution in [1.29, 1.82) is 0 Å². The van der Waals surface area contributed by atoms with Crippen molar-refractivity contribution in [2.45, 2.75) is 6.42 Å². The number of amides is 1. The highest BCUT2D eigenvalue weighted by Gasteiger charge is 2.52. The topological polar surface area (TPSA) is 77.9 Å². The number of fused-ring (bicyclic) bond motifs is 1. The van der Waals surface area contributed by atoms with E-state index in [0.717, 1.165) is 0 Å². The average Bonchev–Trinajstić information content (AvgIpc) is 2.94. The summed E-state index contributed by atoms with van der Waals surface area (Å²) in [6.07, 6.45) is 1.91. The van der Waals surface area contributed by atoms with Gasteiger partial charge in [0.2, 0.25) is 10.0 Å². The fourth-order valence-corrected chi connectivity index (χ4v) is 4.69. The van der Waals surface area contributed by atoms with Gasteiger partial charge in [-0.3, -0.25) is 4.79 Å². The van der Waals surface area contributed by atoms with Gasteiger partial charge < -0.3 is 10.0 Å². The molecule has 0 radical (unpaired) electrons. The molecule has 2 heterocycles. The molecule has 0 unspecified atom stereocenters. The van der Waals surface area contributed by atoms with Crippen LogP contribution in [0.4, 0.5) is 0 Å². The van der Waals surface area contributed by atoms with E-state index in [0.29, 0.717) is 31.6 Å². The highest BCUT2D eigenvalue weighted by Crippen LogP contribution is 2.42. The Hall–Kier alpha value is -1.44. The summed E-state index contributed by atoms with van der Waals surface area (Å²) in [6, 6.07) is 9.06. The van der Waals surface area contributed by atoms with Gasteiger partial charge in [0.05, 0.1) is 12.9 Å². The lowest BCUT2D eigenvalue weighted by atomic mass is 9.74. The number of nitrogens with zero attached hydrogens (tertiary/aromatic N) is 2. The van der Waals surface area contributed by atoms with Gasteiger partial charge >= 0.3 is 0 Å². The van der Waals surface area contributed by atoms with Crippen LogP contribution in [0.5, 0.6) is 0 Å². The van der Waals surface area contributed by atoms with Gasteiger partial charge in [0, 0.05) is 37.2 Å².